The second-order valence-corrected chi connectivity index (χ2v) is 9.16. The molecule has 6 heteroatoms. The molecule has 1 amide bonds. The fourth-order valence-corrected chi connectivity index (χ4v) is 4.62. The van der Waals surface area contributed by atoms with Crippen molar-refractivity contribution in [2.24, 2.45) is 5.92 Å². The van der Waals surface area contributed by atoms with E-state index >= 15 is 0 Å². The number of benzene rings is 1. The Hall–Kier alpha value is -1.40. The highest BCUT2D eigenvalue weighted by atomic mass is 32.2. The molecule has 1 fully saturated rings. The quantitative estimate of drug-likeness (QED) is 0.842. The molecule has 1 aromatic rings. The van der Waals surface area contributed by atoms with Gasteiger partial charge in [0.25, 0.3) is 0 Å². The molecular weight excluding hydrogens is 336 g/mol. The molecule has 25 heavy (non-hydrogen) atoms. The zero-order valence-electron chi connectivity index (χ0n) is 15.7. The first-order valence-electron chi connectivity index (χ1n) is 9.13. The normalized spacial score (nSPS) is 18.1. The Morgan fingerprint density at radius 3 is 2.40 bits per heavy atom. The van der Waals surface area contributed by atoms with Crippen LogP contribution in [0.15, 0.2) is 18.2 Å². The van der Waals surface area contributed by atoms with Crippen LogP contribution in [0.5, 0.6) is 0 Å². The van der Waals surface area contributed by atoms with Crippen molar-refractivity contribution in [3.8, 4) is 0 Å². The van der Waals surface area contributed by atoms with Gasteiger partial charge in [0.1, 0.15) is 0 Å². The summed E-state index contributed by atoms with van der Waals surface area (Å²) in [5.41, 5.74) is 3.57. The van der Waals surface area contributed by atoms with Gasteiger partial charge in [0.15, 0.2) is 0 Å². The first-order valence-corrected chi connectivity index (χ1v) is 10.7. The zero-order chi connectivity index (χ0) is 18.6. The Bertz CT molecular complexity index is 707. The van der Waals surface area contributed by atoms with Gasteiger partial charge in [0.05, 0.1) is 11.8 Å². The molecule has 1 aliphatic rings. The maximum atomic E-state index is 12.7. The van der Waals surface area contributed by atoms with E-state index in [1.807, 2.05) is 0 Å². The van der Waals surface area contributed by atoms with Gasteiger partial charge in [0.2, 0.25) is 15.9 Å². The number of carbonyl (C=O) groups is 1. The lowest BCUT2D eigenvalue weighted by Crippen LogP contribution is -2.44. The van der Waals surface area contributed by atoms with Crippen molar-refractivity contribution >= 4 is 15.9 Å². The average Bonchev–Trinajstić information content (AvgIpc) is 2.60. The lowest BCUT2D eigenvalue weighted by atomic mass is 9.94. The number of nitrogens with zero attached hydrogens (tertiary/aromatic N) is 1. The molecule has 140 valence electrons. The molecule has 0 bridgehead atoms. The Morgan fingerprint density at radius 1 is 1.24 bits per heavy atom. The third-order valence-electron chi connectivity index (χ3n) is 5.11. The van der Waals surface area contributed by atoms with Crippen LogP contribution < -0.4 is 5.32 Å². The van der Waals surface area contributed by atoms with Gasteiger partial charge >= 0.3 is 0 Å². The van der Waals surface area contributed by atoms with Gasteiger partial charge in [-0.3, -0.25) is 4.79 Å². The molecule has 0 aliphatic carbocycles. The Morgan fingerprint density at radius 2 is 1.88 bits per heavy atom. The van der Waals surface area contributed by atoms with Crippen LogP contribution in [0.1, 0.15) is 55.8 Å². The van der Waals surface area contributed by atoms with Crippen molar-refractivity contribution in [1.29, 1.82) is 0 Å². The number of nitrogens with one attached hydrogen (secondary N) is 1. The third kappa shape index (κ3) is 4.82. The second-order valence-electron chi connectivity index (χ2n) is 6.90. The van der Waals surface area contributed by atoms with E-state index in [-0.39, 0.29) is 23.6 Å². The molecule has 2 rings (SSSR count). The first kappa shape index (κ1) is 19.9. The maximum Gasteiger partial charge on any atom is 0.223 e. The van der Waals surface area contributed by atoms with Crippen LogP contribution in [0.3, 0.4) is 0 Å². The predicted molar refractivity (Wildman–Crippen MR) is 101 cm³/mol. The largest absolute Gasteiger partial charge is 0.349 e. The Labute approximate surface area is 151 Å². The summed E-state index contributed by atoms with van der Waals surface area (Å²) < 4.78 is 25.4. The van der Waals surface area contributed by atoms with E-state index in [0.717, 1.165) is 12.0 Å². The van der Waals surface area contributed by atoms with Crippen molar-refractivity contribution in [3.05, 3.63) is 34.9 Å². The van der Waals surface area contributed by atoms with E-state index < -0.39 is 10.0 Å². The summed E-state index contributed by atoms with van der Waals surface area (Å²) in [4.78, 5) is 12.7. The number of sulfonamides is 1. The van der Waals surface area contributed by atoms with Crippen LogP contribution in [0.25, 0.3) is 0 Å². The summed E-state index contributed by atoms with van der Waals surface area (Å²) in [5, 5.41) is 3.17. The minimum absolute atomic E-state index is 0.00510. The Balaban J connectivity index is 1.99. The fourth-order valence-electron chi connectivity index (χ4n) is 3.48. The van der Waals surface area contributed by atoms with Gasteiger partial charge in [0, 0.05) is 19.0 Å². The predicted octanol–water partition coefficient (Wildman–Crippen LogP) is 2.93. The minimum atomic E-state index is -3.15. The SMILES string of the molecule is CC[C@H](NC(=O)C1CCN(S(=O)(=O)CC)CC1)c1ccc(C)cc1C. The topological polar surface area (TPSA) is 66.5 Å². The fraction of sp³-hybridized carbons (Fsp3) is 0.632. The smallest absolute Gasteiger partial charge is 0.223 e. The van der Waals surface area contributed by atoms with Crippen molar-refractivity contribution < 1.29 is 13.2 Å². The Kier molecular flexibility index (Phi) is 6.63. The van der Waals surface area contributed by atoms with Gasteiger partial charge in [-0.2, -0.15) is 0 Å². The van der Waals surface area contributed by atoms with E-state index in [1.165, 1.54) is 15.4 Å². The van der Waals surface area contributed by atoms with E-state index in [2.05, 4.69) is 44.3 Å². The number of hydrogen-bond donors (Lipinski definition) is 1. The molecule has 1 atom stereocenters. The van der Waals surface area contributed by atoms with E-state index in [4.69, 9.17) is 0 Å². The number of amides is 1. The van der Waals surface area contributed by atoms with Gasteiger partial charge < -0.3 is 5.32 Å². The van der Waals surface area contributed by atoms with E-state index in [1.54, 1.807) is 6.92 Å². The first-order chi connectivity index (χ1) is 11.8. The summed E-state index contributed by atoms with van der Waals surface area (Å²) in [5.74, 6) is 0.0533. The number of carbonyl (C=O) groups excluding carboxylic acids is 1. The van der Waals surface area contributed by atoms with Crippen LogP contribution in [-0.4, -0.2) is 37.5 Å². The van der Waals surface area contributed by atoms with Gasteiger partial charge in [-0.05, 0) is 51.2 Å². The molecule has 1 N–H and O–H groups in total. The van der Waals surface area contributed by atoms with Crippen molar-refractivity contribution in [1.82, 2.24) is 9.62 Å². The van der Waals surface area contributed by atoms with Crippen LogP contribution >= 0.6 is 0 Å². The molecule has 1 saturated heterocycles. The molecule has 0 radical (unpaired) electrons. The number of piperidine rings is 1. The van der Waals surface area contributed by atoms with Crippen LogP contribution in [-0.2, 0) is 14.8 Å². The second kappa shape index (κ2) is 8.32. The molecule has 5 nitrogen and oxygen atoms in total. The van der Waals surface area contributed by atoms with Crippen molar-refractivity contribution in [3.63, 3.8) is 0 Å². The van der Waals surface area contributed by atoms with Crippen LogP contribution in [0.4, 0.5) is 0 Å². The number of aryl methyl sites for hydroxylation is 2. The summed E-state index contributed by atoms with van der Waals surface area (Å²) in [6.45, 7) is 8.74. The van der Waals surface area contributed by atoms with Crippen molar-refractivity contribution in [2.75, 3.05) is 18.8 Å². The monoisotopic (exact) mass is 366 g/mol. The van der Waals surface area contributed by atoms with Gasteiger partial charge in [-0.25, -0.2) is 12.7 Å². The molecule has 0 unspecified atom stereocenters. The highest BCUT2D eigenvalue weighted by molar-refractivity contribution is 7.89. The highest BCUT2D eigenvalue weighted by Crippen LogP contribution is 2.25. The lowest BCUT2D eigenvalue weighted by molar-refractivity contribution is -0.126. The molecule has 1 aliphatic heterocycles. The summed E-state index contributed by atoms with van der Waals surface area (Å²) in [6.07, 6.45) is 2.02. The van der Waals surface area contributed by atoms with Crippen LogP contribution in [0, 0.1) is 19.8 Å². The molecule has 1 heterocycles. The standard InChI is InChI=1S/C19H30N2O3S/c1-5-18(17-8-7-14(3)13-15(17)4)20-19(22)16-9-11-21(12-10-16)25(23,24)6-2/h7-8,13,16,18H,5-6,9-12H2,1-4H3,(H,20,22)/t18-/m0/s1. The zero-order valence-corrected chi connectivity index (χ0v) is 16.5. The molecule has 0 spiro atoms. The van der Waals surface area contributed by atoms with Crippen LogP contribution in [0.2, 0.25) is 0 Å². The molecule has 0 aromatic heterocycles. The minimum Gasteiger partial charge on any atom is -0.349 e. The maximum absolute atomic E-state index is 12.7. The number of rotatable bonds is 6. The highest BCUT2D eigenvalue weighted by Gasteiger charge is 2.31. The third-order valence-corrected chi connectivity index (χ3v) is 6.99. The molecule has 1 aromatic carbocycles. The van der Waals surface area contributed by atoms with Gasteiger partial charge in [-0.1, -0.05) is 30.7 Å². The average molecular weight is 367 g/mol. The summed E-state index contributed by atoms with van der Waals surface area (Å²) in [7, 11) is -3.15. The number of hydrogen-bond acceptors (Lipinski definition) is 3. The van der Waals surface area contributed by atoms with Crippen molar-refractivity contribution in [2.45, 2.75) is 53.0 Å². The van der Waals surface area contributed by atoms with E-state index in [0.29, 0.717) is 25.9 Å². The summed E-state index contributed by atoms with van der Waals surface area (Å²) >= 11 is 0. The summed E-state index contributed by atoms with van der Waals surface area (Å²) in [6, 6.07) is 6.31. The molecular formula is C19H30N2O3S. The van der Waals surface area contributed by atoms with Gasteiger partial charge in [-0.15, -0.1) is 0 Å². The molecule has 0 saturated carbocycles. The van der Waals surface area contributed by atoms with E-state index in [9.17, 15) is 13.2 Å². The lowest BCUT2D eigenvalue weighted by Gasteiger charge is -2.31.